The highest BCUT2D eigenvalue weighted by Gasteiger charge is 2.03. The average molecular weight is 404 g/mol. The Kier molecular flexibility index (Phi) is 7.14. The maximum Gasteiger partial charge on any atom is 0.222 e. The van der Waals surface area contributed by atoms with E-state index in [0.717, 1.165) is 22.7 Å². The highest BCUT2D eigenvalue weighted by atomic mass is 32.2. The lowest BCUT2D eigenvalue weighted by molar-refractivity contribution is 0.478. The second-order valence-electron chi connectivity index (χ2n) is 6.73. The Bertz CT molecular complexity index is 1020. The fraction of sp³-hybridized carbons (Fsp3) is 0.160. The van der Waals surface area contributed by atoms with Crippen LogP contribution in [0.1, 0.15) is 16.7 Å². The van der Waals surface area contributed by atoms with Crippen LogP contribution in [0.2, 0.25) is 0 Å². The van der Waals surface area contributed by atoms with Crippen molar-refractivity contribution in [3.8, 4) is 11.5 Å². The predicted molar refractivity (Wildman–Crippen MR) is 123 cm³/mol. The van der Waals surface area contributed by atoms with Gasteiger partial charge in [-0.05, 0) is 92.2 Å². The van der Waals surface area contributed by atoms with Crippen LogP contribution in [0.5, 0.6) is 11.5 Å². The minimum atomic E-state index is 0.458. The Hall–Kier alpha value is -2.98. The Labute approximate surface area is 177 Å². The van der Waals surface area contributed by atoms with Gasteiger partial charge in [-0.15, -0.1) is 11.8 Å². The van der Waals surface area contributed by atoms with Crippen molar-refractivity contribution in [2.45, 2.75) is 25.7 Å². The van der Waals surface area contributed by atoms with Crippen LogP contribution in [-0.4, -0.2) is 12.2 Å². The van der Waals surface area contributed by atoms with Gasteiger partial charge >= 0.3 is 0 Å². The predicted octanol–water partition coefficient (Wildman–Crippen LogP) is 7.04. The van der Waals surface area contributed by atoms with Crippen molar-refractivity contribution in [3.05, 3.63) is 95.8 Å². The van der Waals surface area contributed by atoms with Gasteiger partial charge in [-0.2, -0.15) is 0 Å². The van der Waals surface area contributed by atoms with Crippen LogP contribution < -0.4 is 9.47 Å². The van der Waals surface area contributed by atoms with E-state index in [0.29, 0.717) is 5.90 Å². The van der Waals surface area contributed by atoms with E-state index >= 15 is 0 Å². The largest absolute Gasteiger partial charge is 0.465 e. The van der Waals surface area contributed by atoms with Gasteiger partial charge in [-0.25, -0.2) is 4.99 Å². The fourth-order valence-corrected chi connectivity index (χ4v) is 3.05. The number of aryl methyl sites for hydroxylation is 3. The van der Waals surface area contributed by atoms with Gasteiger partial charge in [0.05, 0.1) is 11.9 Å². The molecule has 3 nitrogen and oxygen atoms in total. The van der Waals surface area contributed by atoms with Crippen molar-refractivity contribution in [2.24, 2.45) is 4.99 Å². The van der Waals surface area contributed by atoms with Crippen molar-refractivity contribution >= 4 is 23.3 Å². The molecule has 0 aliphatic rings. The number of ether oxygens (including phenoxy) is 2. The third kappa shape index (κ3) is 6.26. The van der Waals surface area contributed by atoms with E-state index in [1.54, 1.807) is 24.1 Å². The first-order valence-electron chi connectivity index (χ1n) is 9.41. The van der Waals surface area contributed by atoms with E-state index in [1.165, 1.54) is 16.0 Å². The molecule has 3 aromatic rings. The molecule has 0 radical (unpaired) electrons. The standard InChI is InChI=1S/C25H25NO2S/c1-18-6-5-7-23(16-18)28-25(26-21-9-8-19(2)20(3)17-21)14-15-27-22-10-12-24(29-4)13-11-22/h5-17H,1-4H3. The van der Waals surface area contributed by atoms with E-state index in [4.69, 9.17) is 9.47 Å². The summed E-state index contributed by atoms with van der Waals surface area (Å²) in [5.41, 5.74) is 4.39. The molecule has 0 heterocycles. The Morgan fingerprint density at radius 3 is 2.34 bits per heavy atom. The molecule has 0 amide bonds. The number of aliphatic imine (C=N–C) groups is 1. The van der Waals surface area contributed by atoms with Gasteiger partial charge in [0.1, 0.15) is 11.5 Å². The smallest absolute Gasteiger partial charge is 0.222 e. The van der Waals surface area contributed by atoms with E-state index < -0.39 is 0 Å². The Morgan fingerprint density at radius 2 is 1.66 bits per heavy atom. The molecule has 0 bridgehead atoms. The summed E-state index contributed by atoms with van der Waals surface area (Å²) in [7, 11) is 0. The summed E-state index contributed by atoms with van der Waals surface area (Å²) in [5.74, 6) is 1.96. The molecule has 4 heteroatoms. The SMILES string of the molecule is CSc1ccc(OC=CC(=Nc2ccc(C)c(C)c2)Oc2cccc(C)c2)cc1. The van der Waals surface area contributed by atoms with Gasteiger partial charge < -0.3 is 9.47 Å². The highest BCUT2D eigenvalue weighted by molar-refractivity contribution is 7.98. The monoisotopic (exact) mass is 403 g/mol. The van der Waals surface area contributed by atoms with Gasteiger partial charge in [0.2, 0.25) is 5.90 Å². The molecule has 148 valence electrons. The number of rotatable bonds is 6. The number of hydrogen-bond acceptors (Lipinski definition) is 4. The third-order valence-corrected chi connectivity index (χ3v) is 5.16. The van der Waals surface area contributed by atoms with E-state index in [2.05, 4.69) is 24.9 Å². The maximum atomic E-state index is 6.02. The van der Waals surface area contributed by atoms with Crippen LogP contribution in [0, 0.1) is 20.8 Å². The zero-order valence-electron chi connectivity index (χ0n) is 17.2. The van der Waals surface area contributed by atoms with Crippen molar-refractivity contribution in [1.29, 1.82) is 0 Å². The topological polar surface area (TPSA) is 30.8 Å². The molecular formula is C25H25NO2S. The van der Waals surface area contributed by atoms with Crippen LogP contribution in [0.4, 0.5) is 5.69 Å². The number of thioether (sulfide) groups is 1. The van der Waals surface area contributed by atoms with Crippen LogP contribution in [0.25, 0.3) is 0 Å². The minimum Gasteiger partial charge on any atom is -0.465 e. The summed E-state index contributed by atoms with van der Waals surface area (Å²) in [5, 5.41) is 0. The molecule has 0 aromatic heterocycles. The highest BCUT2D eigenvalue weighted by Crippen LogP contribution is 2.21. The lowest BCUT2D eigenvalue weighted by atomic mass is 10.1. The van der Waals surface area contributed by atoms with E-state index in [9.17, 15) is 0 Å². The van der Waals surface area contributed by atoms with Crippen molar-refractivity contribution < 1.29 is 9.47 Å². The Balaban J connectivity index is 1.82. The van der Waals surface area contributed by atoms with Crippen LogP contribution >= 0.6 is 11.8 Å². The first kappa shape index (κ1) is 20.7. The Morgan fingerprint density at radius 1 is 0.862 bits per heavy atom. The normalized spacial score (nSPS) is 11.7. The molecule has 0 aliphatic carbocycles. The average Bonchev–Trinajstić information content (AvgIpc) is 2.71. The quantitative estimate of drug-likeness (QED) is 0.191. The van der Waals surface area contributed by atoms with Gasteiger partial charge in [0, 0.05) is 11.0 Å². The van der Waals surface area contributed by atoms with Gasteiger partial charge in [0.25, 0.3) is 0 Å². The molecule has 3 aromatic carbocycles. The van der Waals surface area contributed by atoms with Crippen LogP contribution in [0.15, 0.2) is 89.0 Å². The molecule has 0 saturated heterocycles. The van der Waals surface area contributed by atoms with Crippen molar-refractivity contribution in [1.82, 2.24) is 0 Å². The van der Waals surface area contributed by atoms with Crippen molar-refractivity contribution in [3.63, 3.8) is 0 Å². The van der Waals surface area contributed by atoms with E-state index in [1.807, 2.05) is 73.8 Å². The molecule has 29 heavy (non-hydrogen) atoms. The maximum absolute atomic E-state index is 6.02. The third-order valence-electron chi connectivity index (χ3n) is 4.42. The zero-order valence-corrected chi connectivity index (χ0v) is 18.0. The van der Waals surface area contributed by atoms with E-state index in [-0.39, 0.29) is 0 Å². The van der Waals surface area contributed by atoms with Crippen LogP contribution in [0.3, 0.4) is 0 Å². The summed E-state index contributed by atoms with van der Waals surface area (Å²) >= 11 is 1.70. The molecule has 0 spiro atoms. The second kappa shape index (κ2) is 9.99. The van der Waals surface area contributed by atoms with Gasteiger partial charge in [-0.1, -0.05) is 18.2 Å². The molecular weight excluding hydrogens is 378 g/mol. The first-order valence-corrected chi connectivity index (χ1v) is 10.6. The molecule has 3 rings (SSSR count). The second-order valence-corrected chi connectivity index (χ2v) is 7.61. The molecule has 0 unspecified atom stereocenters. The lowest BCUT2D eigenvalue weighted by Crippen LogP contribution is -2.05. The first-order chi connectivity index (χ1) is 14.0. The minimum absolute atomic E-state index is 0.458. The summed E-state index contributed by atoms with van der Waals surface area (Å²) in [6.07, 6.45) is 5.39. The fourth-order valence-electron chi connectivity index (χ4n) is 2.64. The van der Waals surface area contributed by atoms with Crippen molar-refractivity contribution in [2.75, 3.05) is 6.26 Å². The molecule has 0 saturated carbocycles. The lowest BCUT2D eigenvalue weighted by Gasteiger charge is -2.08. The van der Waals surface area contributed by atoms with Crippen LogP contribution in [-0.2, 0) is 0 Å². The molecule has 0 aliphatic heterocycles. The van der Waals surface area contributed by atoms with Gasteiger partial charge in [0.15, 0.2) is 0 Å². The zero-order chi connectivity index (χ0) is 20.6. The number of benzene rings is 3. The number of hydrogen-bond donors (Lipinski definition) is 0. The number of nitrogens with zero attached hydrogens (tertiary/aromatic N) is 1. The molecule has 0 N–H and O–H groups in total. The molecule has 0 atom stereocenters. The summed E-state index contributed by atoms with van der Waals surface area (Å²) < 4.78 is 11.8. The van der Waals surface area contributed by atoms with Gasteiger partial charge in [-0.3, -0.25) is 0 Å². The summed E-state index contributed by atoms with van der Waals surface area (Å²) in [6, 6.07) is 21.9. The molecule has 0 fully saturated rings. The summed E-state index contributed by atoms with van der Waals surface area (Å²) in [6.45, 7) is 6.19. The summed E-state index contributed by atoms with van der Waals surface area (Å²) in [4.78, 5) is 5.86.